The molecule has 0 bridgehead atoms. The predicted octanol–water partition coefficient (Wildman–Crippen LogP) is 2.96. The molecule has 0 saturated carbocycles. The highest BCUT2D eigenvalue weighted by Crippen LogP contribution is 2.33. The lowest BCUT2D eigenvalue weighted by Gasteiger charge is -2.06. The first-order chi connectivity index (χ1) is 13.0. The lowest BCUT2D eigenvalue weighted by molar-refractivity contribution is -0.142. The Morgan fingerprint density at radius 1 is 1.37 bits per heavy atom. The van der Waals surface area contributed by atoms with E-state index in [-0.39, 0.29) is 18.7 Å². The second-order valence-corrected chi connectivity index (χ2v) is 7.89. The molecule has 1 aromatic heterocycles. The average molecular weight is 407 g/mol. The van der Waals surface area contributed by atoms with Crippen LogP contribution in [0, 0.1) is 0 Å². The summed E-state index contributed by atoms with van der Waals surface area (Å²) in [5, 5.41) is 10.5. The molecule has 142 valence electrons. The molecule has 0 fully saturated rings. The highest BCUT2D eigenvalue weighted by atomic mass is 32.2. The lowest BCUT2D eigenvalue weighted by Crippen LogP contribution is -2.16. The van der Waals surface area contributed by atoms with Crippen LogP contribution in [0.3, 0.4) is 0 Å². The van der Waals surface area contributed by atoms with Gasteiger partial charge in [-0.05, 0) is 37.6 Å². The number of rotatable bonds is 7. The first kappa shape index (κ1) is 19.2. The van der Waals surface area contributed by atoms with E-state index in [1.54, 1.807) is 32.1 Å². The summed E-state index contributed by atoms with van der Waals surface area (Å²) >= 11 is 2.43. The van der Waals surface area contributed by atoms with E-state index in [9.17, 15) is 9.59 Å². The molecule has 8 nitrogen and oxygen atoms in total. The minimum absolute atomic E-state index is 0.204. The molecule has 2 heterocycles. The number of benzene rings is 1. The van der Waals surface area contributed by atoms with Gasteiger partial charge in [0.2, 0.25) is 17.8 Å². The summed E-state index contributed by atoms with van der Waals surface area (Å²) in [4.78, 5) is 23.7. The van der Waals surface area contributed by atoms with E-state index in [1.807, 2.05) is 6.07 Å². The molecule has 1 aromatic carbocycles. The minimum atomic E-state index is -0.396. The third kappa shape index (κ3) is 5.20. The van der Waals surface area contributed by atoms with Crippen molar-refractivity contribution in [2.45, 2.75) is 23.4 Å². The molecule has 1 aliphatic heterocycles. The number of nitrogens with zero attached hydrogens (tertiary/aromatic N) is 2. The molecule has 0 unspecified atom stereocenters. The fourth-order valence-electron chi connectivity index (χ4n) is 2.10. The summed E-state index contributed by atoms with van der Waals surface area (Å²) in [6.45, 7) is 4.02. The van der Waals surface area contributed by atoms with Crippen molar-refractivity contribution in [3.05, 3.63) is 29.8 Å². The third-order valence-corrected chi connectivity index (χ3v) is 5.36. The van der Waals surface area contributed by atoms with Crippen molar-refractivity contribution in [3.8, 4) is 11.5 Å². The van der Waals surface area contributed by atoms with Crippen molar-refractivity contribution in [3.63, 3.8) is 0 Å². The quantitative estimate of drug-likeness (QED) is 0.324. The first-order valence-corrected chi connectivity index (χ1v) is 9.80. The summed E-state index contributed by atoms with van der Waals surface area (Å²) < 4.78 is 16.1. The Hall–Kier alpha value is -2.59. The molecule has 2 aromatic rings. The van der Waals surface area contributed by atoms with E-state index in [1.165, 1.54) is 29.2 Å². The van der Waals surface area contributed by atoms with Crippen LogP contribution < -0.4 is 14.8 Å². The molecule has 0 spiro atoms. The maximum Gasteiger partial charge on any atom is 0.319 e. The first-order valence-electron chi connectivity index (χ1n) is 8.10. The van der Waals surface area contributed by atoms with Gasteiger partial charge in [0.1, 0.15) is 5.25 Å². The van der Waals surface area contributed by atoms with Crippen LogP contribution in [-0.2, 0) is 14.3 Å². The fraction of sp³-hybridized carbons (Fsp3) is 0.294. The molecular formula is C17H17N3O5S2. The maximum absolute atomic E-state index is 12.0. The van der Waals surface area contributed by atoms with E-state index in [4.69, 9.17) is 14.2 Å². The number of carbonyl (C=O) groups is 2. The topological polar surface area (TPSA) is 99.6 Å². The molecule has 1 atom stereocenters. The fourth-order valence-corrected chi connectivity index (χ4v) is 4.00. The van der Waals surface area contributed by atoms with Gasteiger partial charge < -0.3 is 14.2 Å². The number of aromatic nitrogens is 2. The second-order valence-electron chi connectivity index (χ2n) is 5.32. The number of anilines is 1. The lowest BCUT2D eigenvalue weighted by atomic mass is 10.2. The Bertz CT molecular complexity index is 868. The molecule has 27 heavy (non-hydrogen) atoms. The van der Waals surface area contributed by atoms with Gasteiger partial charge in [0.25, 0.3) is 0 Å². The Morgan fingerprint density at radius 2 is 2.19 bits per heavy atom. The number of ether oxygens (including phenoxy) is 3. The van der Waals surface area contributed by atoms with Crippen LogP contribution in [0.1, 0.15) is 19.4 Å². The number of nitrogens with one attached hydrogen (secondary N) is 1. The highest BCUT2D eigenvalue weighted by molar-refractivity contribution is 8.02. The van der Waals surface area contributed by atoms with Crippen LogP contribution in [0.15, 0.2) is 28.6 Å². The SMILES string of the molecule is CCOC(=O)[C@@H](C)Sc1nnc(NC(=O)/C=C\c2ccc3c(c2)OCO3)s1. The molecule has 0 radical (unpaired) electrons. The van der Waals surface area contributed by atoms with Gasteiger partial charge in [0, 0.05) is 6.08 Å². The van der Waals surface area contributed by atoms with E-state index >= 15 is 0 Å². The molecule has 3 rings (SSSR count). The molecule has 1 aliphatic rings. The maximum atomic E-state index is 12.0. The van der Waals surface area contributed by atoms with E-state index in [0.717, 1.165) is 5.56 Å². The van der Waals surface area contributed by atoms with Crippen molar-refractivity contribution in [1.29, 1.82) is 0 Å². The van der Waals surface area contributed by atoms with Gasteiger partial charge >= 0.3 is 5.97 Å². The van der Waals surface area contributed by atoms with E-state index < -0.39 is 5.25 Å². The molecule has 10 heteroatoms. The Labute approximate surface area is 163 Å². The number of thioether (sulfide) groups is 1. The Morgan fingerprint density at radius 3 is 3.00 bits per heavy atom. The highest BCUT2D eigenvalue weighted by Gasteiger charge is 2.18. The zero-order valence-corrected chi connectivity index (χ0v) is 16.3. The summed E-state index contributed by atoms with van der Waals surface area (Å²) in [5.74, 6) is 0.695. The largest absolute Gasteiger partial charge is 0.465 e. The average Bonchev–Trinajstić information content (AvgIpc) is 3.28. The Kier molecular flexibility index (Phi) is 6.30. The summed E-state index contributed by atoms with van der Waals surface area (Å²) in [6, 6.07) is 5.41. The van der Waals surface area contributed by atoms with Crippen LogP contribution >= 0.6 is 23.1 Å². The normalized spacial score (nSPS) is 13.6. The Balaban J connectivity index is 1.54. The molecule has 1 N–H and O–H groups in total. The van der Waals surface area contributed by atoms with Gasteiger partial charge in [-0.2, -0.15) is 0 Å². The summed E-state index contributed by atoms with van der Waals surface area (Å²) in [5.41, 5.74) is 0.811. The number of fused-ring (bicyclic) bond motifs is 1. The van der Waals surface area contributed by atoms with Gasteiger partial charge in [-0.3, -0.25) is 14.9 Å². The molecule has 0 saturated heterocycles. The van der Waals surface area contributed by atoms with Gasteiger partial charge in [-0.15, -0.1) is 10.2 Å². The van der Waals surface area contributed by atoms with Crippen molar-refractivity contribution < 1.29 is 23.8 Å². The zero-order valence-electron chi connectivity index (χ0n) is 14.6. The van der Waals surface area contributed by atoms with Crippen LogP contribution in [-0.4, -0.2) is 40.7 Å². The smallest absolute Gasteiger partial charge is 0.319 e. The van der Waals surface area contributed by atoms with E-state index in [2.05, 4.69) is 15.5 Å². The monoisotopic (exact) mass is 407 g/mol. The minimum Gasteiger partial charge on any atom is -0.465 e. The number of hydrogen-bond acceptors (Lipinski definition) is 9. The second kappa shape index (κ2) is 8.87. The number of amides is 1. The van der Waals surface area contributed by atoms with Crippen LogP contribution in [0.2, 0.25) is 0 Å². The van der Waals surface area contributed by atoms with Crippen LogP contribution in [0.25, 0.3) is 6.08 Å². The number of hydrogen-bond donors (Lipinski definition) is 1. The zero-order chi connectivity index (χ0) is 19.2. The van der Waals surface area contributed by atoms with Gasteiger partial charge in [-0.1, -0.05) is 29.2 Å². The van der Waals surface area contributed by atoms with Gasteiger partial charge in [-0.25, -0.2) is 0 Å². The molecular weight excluding hydrogens is 390 g/mol. The summed E-state index contributed by atoms with van der Waals surface area (Å²) in [6.07, 6.45) is 3.06. The molecule has 0 aliphatic carbocycles. The van der Waals surface area contributed by atoms with Gasteiger partial charge in [0.15, 0.2) is 15.8 Å². The van der Waals surface area contributed by atoms with Crippen molar-refractivity contribution >= 4 is 46.2 Å². The number of esters is 1. The van der Waals surface area contributed by atoms with Crippen molar-refractivity contribution in [2.24, 2.45) is 0 Å². The third-order valence-electron chi connectivity index (χ3n) is 3.36. The van der Waals surface area contributed by atoms with Gasteiger partial charge in [0.05, 0.1) is 6.61 Å². The van der Waals surface area contributed by atoms with Crippen molar-refractivity contribution in [1.82, 2.24) is 10.2 Å². The summed E-state index contributed by atoms with van der Waals surface area (Å²) in [7, 11) is 0. The predicted molar refractivity (Wildman–Crippen MR) is 102 cm³/mol. The molecule has 1 amide bonds. The standard InChI is InChI=1S/C17H17N3O5S2/c1-3-23-15(22)10(2)26-17-20-19-16(27-17)18-14(21)7-5-11-4-6-12-13(8-11)25-9-24-12/h4-8,10H,3,9H2,1-2H3,(H,18,19,21)/b7-5-/t10-/m1/s1. The van der Waals surface area contributed by atoms with Crippen LogP contribution in [0.4, 0.5) is 5.13 Å². The van der Waals surface area contributed by atoms with Crippen molar-refractivity contribution in [2.75, 3.05) is 18.7 Å². The van der Waals surface area contributed by atoms with E-state index in [0.29, 0.717) is 27.6 Å². The van der Waals surface area contributed by atoms with Crippen LogP contribution in [0.5, 0.6) is 11.5 Å². The number of carbonyl (C=O) groups excluding carboxylic acids is 2.